The molecule has 3 rings (SSSR count). The van der Waals surface area contributed by atoms with Crippen LogP contribution in [-0.4, -0.2) is 22.1 Å². The van der Waals surface area contributed by atoms with Crippen LogP contribution in [0.15, 0.2) is 42.6 Å². The maximum Gasteiger partial charge on any atom is 0.218 e. The molecule has 0 aliphatic carbocycles. The first-order chi connectivity index (χ1) is 10.3. The smallest absolute Gasteiger partial charge is 0.218 e. The molecule has 0 unspecified atom stereocenters. The zero-order chi connectivity index (χ0) is 14.7. The van der Waals surface area contributed by atoms with E-state index in [1.807, 2.05) is 43.3 Å². The van der Waals surface area contributed by atoms with Crippen molar-refractivity contribution in [3.05, 3.63) is 53.9 Å². The van der Waals surface area contributed by atoms with E-state index in [0.29, 0.717) is 12.4 Å². The topological polar surface area (TPSA) is 59.9 Å². The zero-order valence-electron chi connectivity index (χ0n) is 12.0. The predicted octanol–water partition coefficient (Wildman–Crippen LogP) is 2.95. The molecular formula is C16H16N4O. The van der Waals surface area contributed by atoms with Crippen LogP contribution < -0.4 is 10.1 Å². The normalized spacial score (nSPS) is 10.6. The van der Waals surface area contributed by atoms with E-state index in [1.165, 1.54) is 0 Å². The molecule has 0 bridgehead atoms. The number of ether oxygens (including phenoxy) is 1. The van der Waals surface area contributed by atoms with Gasteiger partial charge in [-0.05, 0) is 25.1 Å². The van der Waals surface area contributed by atoms with Crippen molar-refractivity contribution in [1.82, 2.24) is 15.0 Å². The van der Waals surface area contributed by atoms with Gasteiger partial charge in [-0.3, -0.25) is 0 Å². The Labute approximate surface area is 123 Å². The number of nitrogens with zero attached hydrogens (tertiary/aromatic N) is 3. The van der Waals surface area contributed by atoms with E-state index in [0.717, 1.165) is 28.1 Å². The average Bonchev–Trinajstić information content (AvgIpc) is 2.53. The van der Waals surface area contributed by atoms with Crippen molar-refractivity contribution in [3.63, 3.8) is 0 Å². The first-order valence-corrected chi connectivity index (χ1v) is 6.73. The lowest BCUT2D eigenvalue weighted by Gasteiger charge is -2.11. The molecule has 0 aliphatic heterocycles. The molecule has 21 heavy (non-hydrogen) atoms. The van der Waals surface area contributed by atoms with E-state index < -0.39 is 0 Å². The molecule has 0 radical (unpaired) electrons. The number of aromatic nitrogens is 3. The van der Waals surface area contributed by atoms with E-state index in [4.69, 9.17) is 4.74 Å². The van der Waals surface area contributed by atoms with Crippen molar-refractivity contribution in [2.45, 2.75) is 13.5 Å². The molecule has 1 aromatic carbocycles. The molecule has 0 saturated carbocycles. The first kappa shape index (κ1) is 13.3. The Morgan fingerprint density at radius 2 is 1.81 bits per heavy atom. The van der Waals surface area contributed by atoms with Gasteiger partial charge in [0, 0.05) is 18.3 Å². The highest BCUT2D eigenvalue weighted by atomic mass is 16.5. The second kappa shape index (κ2) is 5.75. The SMILES string of the molecule is COc1ncccc1CNc1nc2ccccc2nc1C. The van der Waals surface area contributed by atoms with Gasteiger partial charge in [0.25, 0.3) is 0 Å². The van der Waals surface area contributed by atoms with Crippen molar-refractivity contribution >= 4 is 16.9 Å². The highest BCUT2D eigenvalue weighted by molar-refractivity contribution is 5.76. The van der Waals surface area contributed by atoms with E-state index in [1.54, 1.807) is 13.3 Å². The van der Waals surface area contributed by atoms with Crippen LogP contribution in [0.2, 0.25) is 0 Å². The first-order valence-electron chi connectivity index (χ1n) is 6.73. The van der Waals surface area contributed by atoms with Gasteiger partial charge in [-0.25, -0.2) is 15.0 Å². The Balaban J connectivity index is 1.86. The molecule has 0 atom stereocenters. The number of pyridine rings is 1. The molecule has 2 aromatic heterocycles. The average molecular weight is 280 g/mol. The molecule has 106 valence electrons. The molecule has 0 aliphatic rings. The van der Waals surface area contributed by atoms with Crippen molar-refractivity contribution in [2.75, 3.05) is 12.4 Å². The van der Waals surface area contributed by atoms with Gasteiger partial charge < -0.3 is 10.1 Å². The molecule has 2 heterocycles. The monoisotopic (exact) mass is 280 g/mol. The molecule has 0 fully saturated rings. The highest BCUT2D eigenvalue weighted by Crippen LogP contribution is 2.19. The number of anilines is 1. The second-order valence-corrected chi connectivity index (χ2v) is 4.67. The molecule has 3 aromatic rings. The third kappa shape index (κ3) is 2.76. The summed E-state index contributed by atoms with van der Waals surface area (Å²) in [6.45, 7) is 2.53. The van der Waals surface area contributed by atoms with Gasteiger partial charge >= 0.3 is 0 Å². The maximum absolute atomic E-state index is 5.25. The fourth-order valence-corrected chi connectivity index (χ4v) is 2.18. The fraction of sp³-hybridized carbons (Fsp3) is 0.188. The van der Waals surface area contributed by atoms with Gasteiger partial charge in [0.2, 0.25) is 5.88 Å². The Morgan fingerprint density at radius 3 is 2.57 bits per heavy atom. The highest BCUT2D eigenvalue weighted by Gasteiger charge is 2.07. The van der Waals surface area contributed by atoms with E-state index in [9.17, 15) is 0 Å². The molecule has 1 N–H and O–H groups in total. The van der Waals surface area contributed by atoms with Crippen LogP contribution in [0, 0.1) is 6.92 Å². The molecule has 0 amide bonds. The number of hydrogen-bond acceptors (Lipinski definition) is 5. The summed E-state index contributed by atoms with van der Waals surface area (Å²) in [4.78, 5) is 13.4. The number of benzene rings is 1. The minimum Gasteiger partial charge on any atom is -0.481 e. The van der Waals surface area contributed by atoms with E-state index in [-0.39, 0.29) is 0 Å². The lowest BCUT2D eigenvalue weighted by molar-refractivity contribution is 0.393. The number of hydrogen-bond donors (Lipinski definition) is 1. The molecule has 0 saturated heterocycles. The molecule has 0 spiro atoms. The van der Waals surface area contributed by atoms with Gasteiger partial charge in [-0.2, -0.15) is 0 Å². The standard InChI is InChI=1S/C16H16N4O/c1-11-15(20-14-8-4-3-7-13(14)19-11)18-10-12-6-5-9-17-16(12)21-2/h3-9H,10H2,1-2H3,(H,18,20). The zero-order valence-corrected chi connectivity index (χ0v) is 12.0. The number of rotatable bonds is 4. The number of para-hydroxylation sites is 2. The largest absolute Gasteiger partial charge is 0.481 e. The summed E-state index contributed by atoms with van der Waals surface area (Å²) >= 11 is 0. The van der Waals surface area contributed by atoms with Crippen molar-refractivity contribution in [2.24, 2.45) is 0 Å². The Kier molecular flexibility index (Phi) is 3.64. The van der Waals surface area contributed by atoms with Gasteiger partial charge in [0.15, 0.2) is 0 Å². The van der Waals surface area contributed by atoms with Crippen LogP contribution in [0.25, 0.3) is 11.0 Å². The quantitative estimate of drug-likeness (QED) is 0.796. The van der Waals surface area contributed by atoms with Gasteiger partial charge in [0.05, 0.1) is 23.8 Å². The minimum absolute atomic E-state index is 0.588. The van der Waals surface area contributed by atoms with E-state index >= 15 is 0 Å². The van der Waals surface area contributed by atoms with Gasteiger partial charge in [-0.15, -0.1) is 0 Å². The van der Waals surface area contributed by atoms with Gasteiger partial charge in [0.1, 0.15) is 5.82 Å². The fourth-order valence-electron chi connectivity index (χ4n) is 2.18. The van der Waals surface area contributed by atoms with Gasteiger partial charge in [-0.1, -0.05) is 18.2 Å². The molecule has 5 heteroatoms. The van der Waals surface area contributed by atoms with Crippen LogP contribution in [0.3, 0.4) is 0 Å². The molecule has 5 nitrogen and oxygen atoms in total. The van der Waals surface area contributed by atoms with E-state index in [2.05, 4.69) is 20.3 Å². The van der Waals surface area contributed by atoms with Crippen LogP contribution in [0.1, 0.15) is 11.3 Å². The van der Waals surface area contributed by atoms with Crippen molar-refractivity contribution in [3.8, 4) is 5.88 Å². The summed E-state index contributed by atoms with van der Waals surface area (Å²) in [6.07, 6.45) is 1.71. The van der Waals surface area contributed by atoms with Crippen LogP contribution >= 0.6 is 0 Å². The Morgan fingerprint density at radius 1 is 1.05 bits per heavy atom. The Hall–Kier alpha value is -2.69. The summed E-state index contributed by atoms with van der Waals surface area (Å²) in [5.74, 6) is 1.40. The van der Waals surface area contributed by atoms with Crippen LogP contribution in [-0.2, 0) is 6.54 Å². The lowest BCUT2D eigenvalue weighted by Crippen LogP contribution is -2.06. The maximum atomic E-state index is 5.25. The summed E-state index contributed by atoms with van der Waals surface area (Å²) in [7, 11) is 1.62. The number of nitrogens with one attached hydrogen (secondary N) is 1. The minimum atomic E-state index is 0.588. The predicted molar refractivity (Wildman–Crippen MR) is 82.4 cm³/mol. The molecular weight excluding hydrogens is 264 g/mol. The van der Waals surface area contributed by atoms with Crippen molar-refractivity contribution < 1.29 is 4.74 Å². The number of fused-ring (bicyclic) bond motifs is 1. The second-order valence-electron chi connectivity index (χ2n) is 4.67. The summed E-state index contributed by atoms with van der Waals surface area (Å²) in [5, 5.41) is 3.30. The Bertz CT molecular complexity index is 773. The van der Waals surface area contributed by atoms with Crippen LogP contribution in [0.4, 0.5) is 5.82 Å². The van der Waals surface area contributed by atoms with Crippen molar-refractivity contribution in [1.29, 1.82) is 0 Å². The summed E-state index contributed by atoms with van der Waals surface area (Å²) < 4.78 is 5.25. The lowest BCUT2D eigenvalue weighted by atomic mass is 10.2. The number of methoxy groups -OCH3 is 1. The summed E-state index contributed by atoms with van der Waals surface area (Å²) in [5.41, 5.74) is 3.63. The third-order valence-electron chi connectivity index (χ3n) is 3.23. The van der Waals surface area contributed by atoms with Crippen LogP contribution in [0.5, 0.6) is 5.88 Å². The third-order valence-corrected chi connectivity index (χ3v) is 3.23. The number of aryl methyl sites for hydroxylation is 1. The summed E-state index contributed by atoms with van der Waals surface area (Å²) in [6, 6.07) is 11.7.